The van der Waals surface area contributed by atoms with Gasteiger partial charge in [0.25, 0.3) is 0 Å². The second kappa shape index (κ2) is 4.26. The molecule has 17 heavy (non-hydrogen) atoms. The third-order valence-electron chi connectivity index (χ3n) is 2.75. The Balaban J connectivity index is 1.98. The van der Waals surface area contributed by atoms with E-state index in [1.807, 2.05) is 24.4 Å². The zero-order chi connectivity index (χ0) is 11.7. The van der Waals surface area contributed by atoms with Gasteiger partial charge < -0.3 is 0 Å². The molecule has 0 atom stereocenters. The predicted molar refractivity (Wildman–Crippen MR) is 71.4 cm³/mol. The number of hydrogen-bond donors (Lipinski definition) is 0. The maximum atomic E-state index is 4.63. The van der Waals surface area contributed by atoms with Crippen LogP contribution in [0.25, 0.3) is 10.2 Å². The zero-order valence-corrected chi connectivity index (χ0v) is 10.4. The summed E-state index contributed by atoms with van der Waals surface area (Å²) in [6, 6.07) is 10.3. The summed E-state index contributed by atoms with van der Waals surface area (Å²) in [6.07, 6.45) is 2.73. The number of hydrogen-bond acceptors (Lipinski definition) is 3. The molecule has 0 saturated carbocycles. The molecule has 0 N–H and O–H groups in total. The van der Waals surface area contributed by atoms with E-state index in [2.05, 4.69) is 34.4 Å². The molecule has 0 fully saturated rings. The molecule has 0 saturated heterocycles. The minimum absolute atomic E-state index is 0.798. The van der Waals surface area contributed by atoms with E-state index >= 15 is 0 Å². The van der Waals surface area contributed by atoms with E-state index in [9.17, 15) is 0 Å². The van der Waals surface area contributed by atoms with E-state index < -0.39 is 0 Å². The van der Waals surface area contributed by atoms with Gasteiger partial charge in [0.1, 0.15) is 5.82 Å². The number of aromatic nitrogens is 2. The van der Waals surface area contributed by atoms with Crippen molar-refractivity contribution in [3.8, 4) is 0 Å². The van der Waals surface area contributed by atoms with Gasteiger partial charge in [0.05, 0.1) is 10.2 Å². The van der Waals surface area contributed by atoms with Crippen LogP contribution in [0.5, 0.6) is 0 Å². The first-order chi connectivity index (χ1) is 8.33. The average molecular weight is 240 g/mol. The molecule has 2 aromatic heterocycles. The van der Waals surface area contributed by atoms with Crippen LogP contribution < -0.4 is 0 Å². The van der Waals surface area contributed by atoms with Crippen LogP contribution >= 0.6 is 11.3 Å². The Morgan fingerprint density at radius 1 is 1.18 bits per heavy atom. The van der Waals surface area contributed by atoms with Crippen molar-refractivity contribution in [3.63, 3.8) is 0 Å². The Kier molecular flexibility index (Phi) is 2.61. The molecule has 0 radical (unpaired) electrons. The summed E-state index contributed by atoms with van der Waals surface area (Å²) < 4.78 is 1.17. The van der Waals surface area contributed by atoms with Crippen molar-refractivity contribution in [1.29, 1.82) is 0 Å². The van der Waals surface area contributed by atoms with E-state index in [4.69, 9.17) is 0 Å². The topological polar surface area (TPSA) is 25.8 Å². The molecule has 0 unspecified atom stereocenters. The Morgan fingerprint density at radius 2 is 2.00 bits per heavy atom. The smallest absolute Gasteiger partial charge is 0.133 e. The minimum atomic E-state index is 0.798. The van der Waals surface area contributed by atoms with Gasteiger partial charge in [-0.05, 0) is 23.4 Å². The fourth-order valence-electron chi connectivity index (χ4n) is 1.85. The molecule has 3 rings (SSSR count). The monoisotopic (exact) mass is 240 g/mol. The first kappa shape index (κ1) is 10.4. The van der Waals surface area contributed by atoms with Crippen molar-refractivity contribution in [3.05, 3.63) is 58.9 Å². The molecule has 0 aliphatic carbocycles. The van der Waals surface area contributed by atoms with Crippen LogP contribution in [0, 0.1) is 6.92 Å². The highest BCUT2D eigenvalue weighted by Crippen LogP contribution is 2.22. The summed E-state index contributed by atoms with van der Waals surface area (Å²) in [5.41, 5.74) is 3.58. The van der Waals surface area contributed by atoms with Crippen LogP contribution in [0.2, 0.25) is 0 Å². The summed E-state index contributed by atoms with van der Waals surface area (Å²) >= 11 is 1.70. The van der Waals surface area contributed by atoms with Crippen LogP contribution in [-0.2, 0) is 6.42 Å². The number of thiophene rings is 1. The molecule has 1 aromatic carbocycles. The van der Waals surface area contributed by atoms with Crippen molar-refractivity contribution in [2.45, 2.75) is 13.3 Å². The van der Waals surface area contributed by atoms with Gasteiger partial charge >= 0.3 is 0 Å². The molecule has 3 heteroatoms. The molecule has 0 aliphatic heterocycles. The van der Waals surface area contributed by atoms with E-state index in [0.717, 1.165) is 17.8 Å². The third-order valence-corrected chi connectivity index (χ3v) is 3.77. The first-order valence-corrected chi connectivity index (χ1v) is 6.44. The second-order valence-electron chi connectivity index (χ2n) is 4.08. The molecule has 0 spiro atoms. The van der Waals surface area contributed by atoms with E-state index in [1.54, 1.807) is 11.3 Å². The highest BCUT2D eigenvalue weighted by molar-refractivity contribution is 7.17. The summed E-state index contributed by atoms with van der Waals surface area (Å²) in [7, 11) is 0. The van der Waals surface area contributed by atoms with Gasteiger partial charge in [-0.2, -0.15) is 0 Å². The fourth-order valence-corrected chi connectivity index (χ4v) is 2.69. The van der Waals surface area contributed by atoms with E-state index in [1.165, 1.54) is 15.8 Å². The molecular formula is C14H12N2S. The normalized spacial score (nSPS) is 10.9. The maximum absolute atomic E-state index is 4.63. The van der Waals surface area contributed by atoms with Crippen molar-refractivity contribution in [2.75, 3.05) is 0 Å². The van der Waals surface area contributed by atoms with Crippen molar-refractivity contribution in [2.24, 2.45) is 0 Å². The first-order valence-electron chi connectivity index (χ1n) is 5.56. The zero-order valence-electron chi connectivity index (χ0n) is 9.55. The minimum Gasteiger partial charge on any atom is -0.239 e. The van der Waals surface area contributed by atoms with E-state index in [-0.39, 0.29) is 0 Å². The molecule has 0 aliphatic rings. The lowest BCUT2D eigenvalue weighted by Crippen LogP contribution is -1.95. The summed E-state index contributed by atoms with van der Waals surface area (Å²) in [5.74, 6) is 0.894. The Hall–Kier alpha value is -1.74. The molecular weight excluding hydrogens is 228 g/mol. The standard InChI is InChI=1S/C14H12N2S/c1-10-9-17-12-8-15-13(16-14(10)12)7-11-5-3-2-4-6-11/h2-6,8-9H,7H2,1H3. The Labute approximate surface area is 104 Å². The quantitative estimate of drug-likeness (QED) is 0.684. The highest BCUT2D eigenvalue weighted by atomic mass is 32.1. The van der Waals surface area contributed by atoms with Gasteiger partial charge in [-0.3, -0.25) is 0 Å². The molecule has 0 amide bonds. The van der Waals surface area contributed by atoms with Gasteiger partial charge in [-0.1, -0.05) is 30.3 Å². The molecule has 2 heterocycles. The second-order valence-corrected chi connectivity index (χ2v) is 4.99. The van der Waals surface area contributed by atoms with Gasteiger partial charge in [0, 0.05) is 12.6 Å². The molecule has 3 aromatic rings. The highest BCUT2D eigenvalue weighted by Gasteiger charge is 2.05. The fraction of sp³-hybridized carbons (Fsp3) is 0.143. The lowest BCUT2D eigenvalue weighted by Gasteiger charge is -2.00. The van der Waals surface area contributed by atoms with Crippen LogP contribution in [0.15, 0.2) is 41.9 Å². The van der Waals surface area contributed by atoms with Gasteiger partial charge in [0.15, 0.2) is 0 Å². The number of benzene rings is 1. The lowest BCUT2D eigenvalue weighted by molar-refractivity contribution is 0.993. The number of fused-ring (bicyclic) bond motifs is 1. The van der Waals surface area contributed by atoms with Crippen molar-refractivity contribution < 1.29 is 0 Å². The van der Waals surface area contributed by atoms with E-state index in [0.29, 0.717) is 0 Å². The van der Waals surface area contributed by atoms with Gasteiger partial charge in [0.2, 0.25) is 0 Å². The molecule has 0 bridgehead atoms. The van der Waals surface area contributed by atoms with Crippen LogP contribution in [0.4, 0.5) is 0 Å². The number of aryl methyl sites for hydroxylation is 1. The number of rotatable bonds is 2. The molecule has 84 valence electrons. The summed E-state index contributed by atoms with van der Waals surface area (Å²) in [5, 5.41) is 2.13. The summed E-state index contributed by atoms with van der Waals surface area (Å²) in [4.78, 5) is 9.04. The largest absolute Gasteiger partial charge is 0.239 e. The van der Waals surface area contributed by atoms with Crippen molar-refractivity contribution in [1.82, 2.24) is 9.97 Å². The van der Waals surface area contributed by atoms with Crippen molar-refractivity contribution >= 4 is 21.6 Å². The third kappa shape index (κ3) is 2.06. The van der Waals surface area contributed by atoms with Gasteiger partial charge in [-0.15, -0.1) is 11.3 Å². The summed E-state index contributed by atoms with van der Waals surface area (Å²) in [6.45, 7) is 2.10. The number of nitrogens with zero attached hydrogens (tertiary/aromatic N) is 2. The SMILES string of the molecule is Cc1csc2cnc(Cc3ccccc3)nc12. The van der Waals surface area contributed by atoms with Gasteiger partial charge in [-0.25, -0.2) is 9.97 Å². The molecule has 2 nitrogen and oxygen atoms in total. The lowest BCUT2D eigenvalue weighted by atomic mass is 10.1. The van der Waals surface area contributed by atoms with Crippen LogP contribution in [-0.4, -0.2) is 9.97 Å². The van der Waals surface area contributed by atoms with Crippen LogP contribution in [0.1, 0.15) is 17.0 Å². The Bertz CT molecular complexity index is 644. The predicted octanol–water partition coefficient (Wildman–Crippen LogP) is 3.59. The maximum Gasteiger partial charge on any atom is 0.133 e. The Morgan fingerprint density at radius 3 is 2.82 bits per heavy atom. The van der Waals surface area contributed by atoms with Crippen LogP contribution in [0.3, 0.4) is 0 Å². The average Bonchev–Trinajstić information content (AvgIpc) is 2.73.